The Bertz CT molecular complexity index is 415. The molecule has 2 rings (SSSR count). The third-order valence-corrected chi connectivity index (χ3v) is 5.10. The summed E-state index contributed by atoms with van der Waals surface area (Å²) in [6.07, 6.45) is 8.76. The normalized spacial score (nSPS) is 18.1. The van der Waals surface area contributed by atoms with Crippen molar-refractivity contribution in [2.75, 3.05) is 6.54 Å². The van der Waals surface area contributed by atoms with Crippen LogP contribution in [-0.2, 0) is 6.42 Å². The van der Waals surface area contributed by atoms with Gasteiger partial charge < -0.3 is 5.32 Å². The summed E-state index contributed by atoms with van der Waals surface area (Å²) in [6.45, 7) is 3.25. The van der Waals surface area contributed by atoms with Gasteiger partial charge in [0.15, 0.2) is 0 Å². The van der Waals surface area contributed by atoms with E-state index in [1.54, 1.807) is 6.07 Å². The van der Waals surface area contributed by atoms with Gasteiger partial charge in [-0.2, -0.15) is 0 Å². The zero-order chi connectivity index (χ0) is 14.4. The molecular formula is C17H25BrFN. The van der Waals surface area contributed by atoms with Crippen LogP contribution in [0.1, 0.15) is 51.0 Å². The average Bonchev–Trinajstić information content (AvgIpc) is 2.48. The number of nitrogens with one attached hydrogen (secondary N) is 1. The van der Waals surface area contributed by atoms with Crippen LogP contribution in [0, 0.1) is 11.7 Å². The monoisotopic (exact) mass is 341 g/mol. The molecule has 1 fully saturated rings. The maximum absolute atomic E-state index is 13.5. The van der Waals surface area contributed by atoms with Crippen LogP contribution in [0.3, 0.4) is 0 Å². The summed E-state index contributed by atoms with van der Waals surface area (Å²) in [5.41, 5.74) is 1.09. The average molecular weight is 342 g/mol. The van der Waals surface area contributed by atoms with Gasteiger partial charge in [0.1, 0.15) is 5.82 Å². The molecule has 0 aliphatic heterocycles. The quantitative estimate of drug-likeness (QED) is 0.760. The molecule has 1 aliphatic rings. The highest BCUT2D eigenvalue weighted by molar-refractivity contribution is 9.10. The molecular weight excluding hydrogens is 317 g/mol. The third kappa shape index (κ3) is 4.56. The Kier molecular flexibility index (Phi) is 6.50. The zero-order valence-electron chi connectivity index (χ0n) is 12.3. The molecule has 1 atom stereocenters. The molecule has 1 aliphatic carbocycles. The van der Waals surface area contributed by atoms with Crippen LogP contribution < -0.4 is 5.32 Å². The minimum absolute atomic E-state index is 0.138. The van der Waals surface area contributed by atoms with Crippen molar-refractivity contribution in [3.05, 3.63) is 34.1 Å². The second-order valence-electron chi connectivity index (χ2n) is 5.90. The molecule has 112 valence electrons. The maximum atomic E-state index is 13.5. The van der Waals surface area contributed by atoms with Crippen LogP contribution in [0.4, 0.5) is 4.39 Å². The molecule has 0 spiro atoms. The van der Waals surface area contributed by atoms with Crippen molar-refractivity contribution in [2.45, 2.75) is 57.9 Å². The third-order valence-electron chi connectivity index (χ3n) is 4.32. The van der Waals surface area contributed by atoms with E-state index in [0.29, 0.717) is 6.04 Å². The van der Waals surface area contributed by atoms with E-state index in [2.05, 4.69) is 28.2 Å². The van der Waals surface area contributed by atoms with Crippen LogP contribution in [0.2, 0.25) is 0 Å². The lowest BCUT2D eigenvalue weighted by atomic mass is 9.81. The van der Waals surface area contributed by atoms with Gasteiger partial charge in [0.2, 0.25) is 0 Å². The van der Waals surface area contributed by atoms with E-state index in [0.717, 1.165) is 35.3 Å². The SMILES string of the molecule is CCCNC(Cc1cc(F)ccc1Br)C1CCCCC1. The maximum Gasteiger partial charge on any atom is 0.123 e. The Labute approximate surface area is 130 Å². The van der Waals surface area contributed by atoms with Gasteiger partial charge in [0, 0.05) is 10.5 Å². The molecule has 1 unspecified atom stereocenters. The summed E-state index contributed by atoms with van der Waals surface area (Å²) in [6, 6.07) is 5.49. The summed E-state index contributed by atoms with van der Waals surface area (Å²) < 4.78 is 14.5. The molecule has 20 heavy (non-hydrogen) atoms. The van der Waals surface area contributed by atoms with Crippen LogP contribution >= 0.6 is 15.9 Å². The van der Waals surface area contributed by atoms with Crippen molar-refractivity contribution in [1.29, 1.82) is 0 Å². The van der Waals surface area contributed by atoms with Gasteiger partial charge in [-0.1, -0.05) is 42.1 Å². The first kappa shape index (κ1) is 16.0. The number of rotatable bonds is 6. The van der Waals surface area contributed by atoms with E-state index < -0.39 is 0 Å². The number of hydrogen-bond donors (Lipinski definition) is 1. The first-order chi connectivity index (χ1) is 9.70. The lowest BCUT2D eigenvalue weighted by Crippen LogP contribution is -2.39. The van der Waals surface area contributed by atoms with Crippen molar-refractivity contribution in [1.82, 2.24) is 5.32 Å². The van der Waals surface area contributed by atoms with Crippen LogP contribution in [0.5, 0.6) is 0 Å². The Morgan fingerprint density at radius 3 is 2.75 bits per heavy atom. The van der Waals surface area contributed by atoms with Crippen molar-refractivity contribution < 1.29 is 4.39 Å². The summed E-state index contributed by atoms with van der Waals surface area (Å²) in [5, 5.41) is 3.69. The smallest absolute Gasteiger partial charge is 0.123 e. The molecule has 3 heteroatoms. The molecule has 1 saturated carbocycles. The fourth-order valence-corrected chi connectivity index (χ4v) is 3.62. The molecule has 0 amide bonds. The van der Waals surface area contributed by atoms with Gasteiger partial charge in [-0.05, 0) is 61.9 Å². The number of halogens is 2. The molecule has 1 nitrogen and oxygen atoms in total. The molecule has 1 aromatic rings. The largest absolute Gasteiger partial charge is 0.313 e. The molecule has 0 aromatic heterocycles. The van der Waals surface area contributed by atoms with E-state index in [-0.39, 0.29) is 5.82 Å². The van der Waals surface area contributed by atoms with Crippen LogP contribution in [-0.4, -0.2) is 12.6 Å². The van der Waals surface area contributed by atoms with E-state index in [4.69, 9.17) is 0 Å². The Balaban J connectivity index is 2.07. The molecule has 0 radical (unpaired) electrons. The second kappa shape index (κ2) is 8.14. The van der Waals surface area contributed by atoms with Gasteiger partial charge in [0.05, 0.1) is 0 Å². The van der Waals surface area contributed by atoms with Crippen molar-refractivity contribution >= 4 is 15.9 Å². The van der Waals surface area contributed by atoms with E-state index in [1.807, 2.05) is 6.07 Å². The van der Waals surface area contributed by atoms with Crippen LogP contribution in [0.15, 0.2) is 22.7 Å². The van der Waals surface area contributed by atoms with Crippen molar-refractivity contribution in [3.63, 3.8) is 0 Å². The number of hydrogen-bond acceptors (Lipinski definition) is 1. The fourth-order valence-electron chi connectivity index (χ4n) is 3.21. The molecule has 0 bridgehead atoms. The second-order valence-corrected chi connectivity index (χ2v) is 6.75. The first-order valence-corrected chi connectivity index (χ1v) is 8.67. The summed E-state index contributed by atoms with van der Waals surface area (Å²) >= 11 is 3.56. The standard InChI is InChI=1S/C17H25BrFN/c1-2-10-20-17(13-6-4-3-5-7-13)12-14-11-15(19)8-9-16(14)18/h8-9,11,13,17,20H,2-7,10,12H2,1H3. The molecule has 0 saturated heterocycles. The topological polar surface area (TPSA) is 12.0 Å². The molecule has 1 N–H and O–H groups in total. The van der Waals surface area contributed by atoms with Gasteiger partial charge in [-0.3, -0.25) is 0 Å². The Morgan fingerprint density at radius 2 is 2.05 bits per heavy atom. The lowest BCUT2D eigenvalue weighted by Gasteiger charge is -2.31. The van der Waals surface area contributed by atoms with Gasteiger partial charge >= 0.3 is 0 Å². The van der Waals surface area contributed by atoms with E-state index in [1.165, 1.54) is 38.2 Å². The molecule has 1 aromatic carbocycles. The summed E-state index contributed by atoms with van der Waals surface area (Å²) in [5.74, 6) is 0.603. The summed E-state index contributed by atoms with van der Waals surface area (Å²) in [4.78, 5) is 0. The van der Waals surface area contributed by atoms with Crippen molar-refractivity contribution in [2.24, 2.45) is 5.92 Å². The first-order valence-electron chi connectivity index (χ1n) is 7.88. The highest BCUT2D eigenvalue weighted by Gasteiger charge is 2.24. The zero-order valence-corrected chi connectivity index (χ0v) is 13.9. The highest BCUT2D eigenvalue weighted by atomic mass is 79.9. The highest BCUT2D eigenvalue weighted by Crippen LogP contribution is 2.29. The van der Waals surface area contributed by atoms with Gasteiger partial charge in [0.25, 0.3) is 0 Å². The lowest BCUT2D eigenvalue weighted by molar-refractivity contribution is 0.267. The van der Waals surface area contributed by atoms with Crippen molar-refractivity contribution in [3.8, 4) is 0 Å². The van der Waals surface area contributed by atoms with Crippen LogP contribution in [0.25, 0.3) is 0 Å². The van der Waals surface area contributed by atoms with E-state index in [9.17, 15) is 4.39 Å². The minimum atomic E-state index is -0.138. The molecule has 0 heterocycles. The minimum Gasteiger partial charge on any atom is -0.313 e. The fraction of sp³-hybridized carbons (Fsp3) is 0.647. The summed E-state index contributed by atoms with van der Waals surface area (Å²) in [7, 11) is 0. The Hall–Kier alpha value is -0.410. The predicted octanol–water partition coefficient (Wildman–Crippen LogP) is 5.08. The van der Waals surface area contributed by atoms with Gasteiger partial charge in [-0.15, -0.1) is 0 Å². The Morgan fingerprint density at radius 1 is 1.30 bits per heavy atom. The number of benzene rings is 1. The van der Waals surface area contributed by atoms with E-state index >= 15 is 0 Å². The predicted molar refractivity (Wildman–Crippen MR) is 86.5 cm³/mol. The van der Waals surface area contributed by atoms with Gasteiger partial charge in [-0.25, -0.2) is 4.39 Å².